The highest BCUT2D eigenvalue weighted by atomic mass is 16.3. The first-order valence-electron chi connectivity index (χ1n) is 7.42. The van der Waals surface area contributed by atoms with Crippen LogP contribution >= 0.6 is 0 Å². The number of carbonyl (C=O) groups excluding carboxylic acids is 1. The number of aliphatic hydroxyl groups is 1. The van der Waals surface area contributed by atoms with E-state index in [9.17, 15) is 9.90 Å². The summed E-state index contributed by atoms with van der Waals surface area (Å²) in [7, 11) is 0. The van der Waals surface area contributed by atoms with E-state index in [0.717, 1.165) is 31.5 Å². The molecular weight excluding hydrogens is 252 g/mol. The number of carbonyl (C=O) groups is 1. The van der Waals surface area contributed by atoms with E-state index in [1.807, 2.05) is 23.1 Å². The van der Waals surface area contributed by atoms with Crippen LogP contribution in [0.1, 0.15) is 37.7 Å². The zero-order valence-corrected chi connectivity index (χ0v) is 12.1. The maximum absolute atomic E-state index is 12.0. The fraction of sp³-hybridized carbons (Fsp3) is 0.562. The van der Waals surface area contributed by atoms with E-state index in [-0.39, 0.29) is 18.1 Å². The summed E-state index contributed by atoms with van der Waals surface area (Å²) in [6, 6.07) is 10.1. The Kier molecular flexibility index (Phi) is 5.41. The minimum absolute atomic E-state index is 0.0222. The number of amides is 2. The minimum Gasteiger partial charge on any atom is -0.393 e. The normalized spacial score (nSPS) is 17.8. The Morgan fingerprint density at radius 1 is 1.30 bits per heavy atom. The molecule has 2 atom stereocenters. The Morgan fingerprint density at radius 2 is 1.95 bits per heavy atom. The van der Waals surface area contributed by atoms with E-state index in [4.69, 9.17) is 0 Å². The van der Waals surface area contributed by atoms with Crippen molar-refractivity contribution in [2.24, 2.45) is 0 Å². The molecule has 0 saturated carbocycles. The van der Waals surface area contributed by atoms with E-state index >= 15 is 0 Å². The standard InChI is InChI=1S/C16H24N2O2/c1-13(19)11-15(14-7-3-2-4-8-14)12-17-16(20)18-9-5-6-10-18/h2-4,7-8,13,15,19H,5-6,9-12H2,1H3,(H,17,20). The van der Waals surface area contributed by atoms with Crippen molar-refractivity contribution in [1.82, 2.24) is 10.2 Å². The number of hydrogen-bond donors (Lipinski definition) is 2. The van der Waals surface area contributed by atoms with Crippen LogP contribution in [-0.2, 0) is 0 Å². The van der Waals surface area contributed by atoms with Gasteiger partial charge >= 0.3 is 6.03 Å². The van der Waals surface area contributed by atoms with Gasteiger partial charge in [-0.15, -0.1) is 0 Å². The van der Waals surface area contributed by atoms with Crippen LogP contribution in [0.25, 0.3) is 0 Å². The Balaban J connectivity index is 1.92. The predicted octanol–water partition coefficient (Wildman–Crippen LogP) is 2.35. The molecule has 110 valence electrons. The van der Waals surface area contributed by atoms with Crippen molar-refractivity contribution in [2.75, 3.05) is 19.6 Å². The molecule has 4 heteroatoms. The van der Waals surface area contributed by atoms with Gasteiger partial charge in [-0.05, 0) is 31.7 Å². The highest BCUT2D eigenvalue weighted by Crippen LogP contribution is 2.20. The molecule has 4 nitrogen and oxygen atoms in total. The van der Waals surface area contributed by atoms with Crippen LogP contribution in [0.3, 0.4) is 0 Å². The molecule has 0 aliphatic carbocycles. The van der Waals surface area contributed by atoms with Crippen molar-refractivity contribution in [3.8, 4) is 0 Å². The maximum Gasteiger partial charge on any atom is 0.317 e. The van der Waals surface area contributed by atoms with Gasteiger partial charge in [0.05, 0.1) is 6.10 Å². The highest BCUT2D eigenvalue weighted by molar-refractivity contribution is 5.74. The first-order chi connectivity index (χ1) is 9.66. The van der Waals surface area contributed by atoms with E-state index in [2.05, 4.69) is 17.4 Å². The number of nitrogens with one attached hydrogen (secondary N) is 1. The van der Waals surface area contributed by atoms with Gasteiger partial charge in [0.25, 0.3) is 0 Å². The zero-order valence-electron chi connectivity index (χ0n) is 12.1. The summed E-state index contributed by atoms with van der Waals surface area (Å²) in [5, 5.41) is 12.6. The number of hydrogen-bond acceptors (Lipinski definition) is 2. The van der Waals surface area contributed by atoms with Crippen LogP contribution in [0.4, 0.5) is 4.79 Å². The number of likely N-dealkylation sites (tertiary alicyclic amines) is 1. The van der Waals surface area contributed by atoms with Crippen LogP contribution in [0, 0.1) is 0 Å². The third kappa shape index (κ3) is 4.23. The summed E-state index contributed by atoms with van der Waals surface area (Å²) in [5.74, 6) is 0.155. The second-order valence-corrected chi connectivity index (χ2v) is 5.57. The molecule has 1 fully saturated rings. The average Bonchev–Trinajstić information content (AvgIpc) is 2.98. The van der Waals surface area contributed by atoms with Crippen molar-refractivity contribution in [3.63, 3.8) is 0 Å². The third-order valence-corrected chi connectivity index (χ3v) is 3.79. The molecule has 0 spiro atoms. The third-order valence-electron chi connectivity index (χ3n) is 3.79. The molecule has 2 N–H and O–H groups in total. The lowest BCUT2D eigenvalue weighted by Gasteiger charge is -2.22. The lowest BCUT2D eigenvalue weighted by atomic mass is 9.93. The smallest absolute Gasteiger partial charge is 0.317 e. The first kappa shape index (κ1) is 14.9. The molecule has 0 radical (unpaired) electrons. The lowest BCUT2D eigenvalue weighted by molar-refractivity contribution is 0.171. The quantitative estimate of drug-likeness (QED) is 0.867. The van der Waals surface area contributed by atoms with Gasteiger partial charge in [-0.1, -0.05) is 30.3 Å². The molecule has 1 aliphatic heterocycles. The molecule has 2 amide bonds. The summed E-state index contributed by atoms with van der Waals surface area (Å²) >= 11 is 0. The molecule has 1 aliphatic rings. The van der Waals surface area contributed by atoms with Gasteiger partial charge < -0.3 is 15.3 Å². The molecule has 0 aromatic heterocycles. The van der Waals surface area contributed by atoms with Gasteiger partial charge in [-0.3, -0.25) is 0 Å². The van der Waals surface area contributed by atoms with E-state index in [0.29, 0.717) is 13.0 Å². The number of aliphatic hydroxyl groups excluding tert-OH is 1. The summed E-state index contributed by atoms with van der Waals surface area (Å²) in [6.07, 6.45) is 2.49. The lowest BCUT2D eigenvalue weighted by Crippen LogP contribution is -2.40. The number of rotatable bonds is 5. The Bertz CT molecular complexity index is 414. The fourth-order valence-corrected chi connectivity index (χ4v) is 2.72. The predicted molar refractivity (Wildman–Crippen MR) is 79.7 cm³/mol. The average molecular weight is 276 g/mol. The van der Waals surface area contributed by atoms with Crippen LogP contribution in [0.2, 0.25) is 0 Å². The Hall–Kier alpha value is -1.55. The molecule has 1 aromatic rings. The van der Waals surface area contributed by atoms with E-state index < -0.39 is 0 Å². The van der Waals surface area contributed by atoms with Crippen LogP contribution in [-0.4, -0.2) is 41.8 Å². The van der Waals surface area contributed by atoms with Crippen molar-refractivity contribution < 1.29 is 9.90 Å². The maximum atomic E-state index is 12.0. The Labute approximate surface area is 120 Å². The summed E-state index contributed by atoms with van der Waals surface area (Å²) < 4.78 is 0. The monoisotopic (exact) mass is 276 g/mol. The van der Waals surface area contributed by atoms with Crippen molar-refractivity contribution in [3.05, 3.63) is 35.9 Å². The van der Waals surface area contributed by atoms with Crippen LogP contribution < -0.4 is 5.32 Å². The molecule has 1 saturated heterocycles. The molecule has 20 heavy (non-hydrogen) atoms. The molecule has 2 unspecified atom stereocenters. The second-order valence-electron chi connectivity index (χ2n) is 5.57. The van der Waals surface area contributed by atoms with Gasteiger partial charge in [-0.25, -0.2) is 4.79 Å². The van der Waals surface area contributed by atoms with Gasteiger partial charge in [0.1, 0.15) is 0 Å². The topological polar surface area (TPSA) is 52.6 Å². The molecule has 1 heterocycles. The van der Waals surface area contributed by atoms with E-state index in [1.165, 1.54) is 0 Å². The largest absolute Gasteiger partial charge is 0.393 e. The highest BCUT2D eigenvalue weighted by Gasteiger charge is 2.20. The summed E-state index contributed by atoms with van der Waals surface area (Å²) in [5.41, 5.74) is 1.16. The fourth-order valence-electron chi connectivity index (χ4n) is 2.72. The second kappa shape index (κ2) is 7.29. The van der Waals surface area contributed by atoms with Crippen molar-refractivity contribution >= 4 is 6.03 Å². The molecule has 1 aromatic carbocycles. The van der Waals surface area contributed by atoms with Gasteiger partial charge in [-0.2, -0.15) is 0 Å². The number of nitrogens with zero attached hydrogens (tertiary/aromatic N) is 1. The van der Waals surface area contributed by atoms with Crippen LogP contribution in [0.15, 0.2) is 30.3 Å². The van der Waals surface area contributed by atoms with Gasteiger partial charge in [0.15, 0.2) is 0 Å². The SMILES string of the molecule is CC(O)CC(CNC(=O)N1CCCC1)c1ccccc1. The molecular formula is C16H24N2O2. The van der Waals surface area contributed by atoms with Crippen molar-refractivity contribution in [1.29, 1.82) is 0 Å². The summed E-state index contributed by atoms with van der Waals surface area (Å²) in [6.45, 7) is 4.08. The number of benzene rings is 1. The van der Waals surface area contributed by atoms with E-state index in [1.54, 1.807) is 6.92 Å². The van der Waals surface area contributed by atoms with Gasteiger partial charge in [0.2, 0.25) is 0 Å². The number of urea groups is 1. The van der Waals surface area contributed by atoms with Crippen molar-refractivity contribution in [2.45, 2.75) is 38.2 Å². The van der Waals surface area contributed by atoms with Gasteiger partial charge in [0, 0.05) is 25.6 Å². The molecule has 0 bridgehead atoms. The molecule has 2 rings (SSSR count). The first-order valence-corrected chi connectivity index (χ1v) is 7.42. The summed E-state index contributed by atoms with van der Waals surface area (Å²) in [4.78, 5) is 13.9. The van der Waals surface area contributed by atoms with Crippen LogP contribution in [0.5, 0.6) is 0 Å². The minimum atomic E-state index is -0.371. The Morgan fingerprint density at radius 3 is 2.55 bits per heavy atom. The zero-order chi connectivity index (χ0) is 14.4.